The molecule has 0 aliphatic carbocycles. The third-order valence-corrected chi connectivity index (χ3v) is 4.26. The molecule has 0 aromatic heterocycles. The van der Waals surface area contributed by atoms with Gasteiger partial charge in [-0.1, -0.05) is 24.3 Å². The quantitative estimate of drug-likeness (QED) is 0.540. The number of nitrogens with zero attached hydrogens (tertiary/aromatic N) is 1. The first-order valence-corrected chi connectivity index (χ1v) is 9.05. The minimum atomic E-state index is -0.216. The first-order valence-electron chi connectivity index (χ1n) is 9.05. The van der Waals surface area contributed by atoms with Gasteiger partial charge in [0, 0.05) is 25.7 Å². The van der Waals surface area contributed by atoms with Gasteiger partial charge in [0.1, 0.15) is 5.82 Å². The maximum absolute atomic E-state index is 13.8. The number of amides is 1. The Bertz CT molecular complexity index is 820. The molecule has 27 heavy (non-hydrogen) atoms. The number of nitrogens with one attached hydrogen (secondary N) is 3. The van der Waals surface area contributed by atoms with Crippen LogP contribution in [-0.2, 0) is 6.54 Å². The summed E-state index contributed by atoms with van der Waals surface area (Å²) >= 11 is 0. The van der Waals surface area contributed by atoms with E-state index in [0.29, 0.717) is 30.2 Å². The van der Waals surface area contributed by atoms with Crippen molar-refractivity contribution < 1.29 is 9.18 Å². The largest absolute Gasteiger partial charge is 0.352 e. The van der Waals surface area contributed by atoms with Gasteiger partial charge in [0.25, 0.3) is 5.91 Å². The fourth-order valence-corrected chi connectivity index (χ4v) is 2.63. The molecule has 0 heterocycles. The second-order valence-electron chi connectivity index (χ2n) is 6.36. The number of carbonyl (C=O) groups is 1. The highest BCUT2D eigenvalue weighted by Crippen LogP contribution is 2.16. The number of carbonyl (C=O) groups excluding carboxylic acids is 1. The van der Waals surface area contributed by atoms with E-state index in [0.717, 1.165) is 11.1 Å². The van der Waals surface area contributed by atoms with Crippen molar-refractivity contribution in [3.05, 3.63) is 70.5 Å². The van der Waals surface area contributed by atoms with Gasteiger partial charge < -0.3 is 16.0 Å². The molecule has 0 aliphatic heterocycles. The minimum absolute atomic E-state index is 0.0862. The topological polar surface area (TPSA) is 65.5 Å². The van der Waals surface area contributed by atoms with Crippen LogP contribution in [0.5, 0.6) is 0 Å². The predicted octanol–water partition coefficient (Wildman–Crippen LogP) is 3.31. The predicted molar refractivity (Wildman–Crippen MR) is 107 cm³/mol. The van der Waals surface area contributed by atoms with E-state index in [4.69, 9.17) is 0 Å². The molecule has 1 amide bonds. The maximum Gasteiger partial charge on any atom is 0.251 e. The van der Waals surface area contributed by atoms with E-state index in [-0.39, 0.29) is 17.8 Å². The normalized spacial score (nSPS) is 12.4. The van der Waals surface area contributed by atoms with Crippen molar-refractivity contribution in [2.45, 2.75) is 33.4 Å². The van der Waals surface area contributed by atoms with Crippen LogP contribution >= 0.6 is 0 Å². The first kappa shape index (κ1) is 20.4. The first-order chi connectivity index (χ1) is 12.9. The van der Waals surface area contributed by atoms with Gasteiger partial charge in [-0.2, -0.15) is 0 Å². The summed E-state index contributed by atoms with van der Waals surface area (Å²) in [6.45, 7) is 6.69. The van der Waals surface area contributed by atoms with E-state index >= 15 is 0 Å². The number of hydrogen-bond donors (Lipinski definition) is 3. The van der Waals surface area contributed by atoms with E-state index < -0.39 is 0 Å². The van der Waals surface area contributed by atoms with Crippen LogP contribution in [0.3, 0.4) is 0 Å². The molecule has 1 unspecified atom stereocenters. The lowest BCUT2D eigenvalue weighted by atomic mass is 10.1. The maximum atomic E-state index is 13.8. The number of benzene rings is 2. The Morgan fingerprint density at radius 3 is 2.63 bits per heavy atom. The van der Waals surface area contributed by atoms with Crippen LogP contribution < -0.4 is 16.0 Å². The second kappa shape index (κ2) is 9.71. The Kier molecular flexibility index (Phi) is 7.34. The lowest BCUT2D eigenvalue weighted by Crippen LogP contribution is -2.38. The molecule has 0 aliphatic rings. The van der Waals surface area contributed by atoms with Gasteiger partial charge in [-0.3, -0.25) is 9.79 Å². The van der Waals surface area contributed by atoms with E-state index in [9.17, 15) is 9.18 Å². The number of halogens is 1. The third kappa shape index (κ3) is 5.81. The van der Waals surface area contributed by atoms with Crippen molar-refractivity contribution in [1.82, 2.24) is 16.0 Å². The van der Waals surface area contributed by atoms with E-state index in [1.807, 2.05) is 38.1 Å². The van der Waals surface area contributed by atoms with Gasteiger partial charge in [0.05, 0.1) is 6.04 Å². The van der Waals surface area contributed by atoms with E-state index in [1.54, 1.807) is 26.1 Å². The number of aryl methyl sites for hydroxylation is 1. The third-order valence-electron chi connectivity index (χ3n) is 4.26. The highest BCUT2D eigenvalue weighted by atomic mass is 19.1. The van der Waals surface area contributed by atoms with Crippen LogP contribution in [0, 0.1) is 12.7 Å². The van der Waals surface area contributed by atoms with Gasteiger partial charge in [-0.15, -0.1) is 0 Å². The van der Waals surface area contributed by atoms with Crippen LogP contribution in [0.1, 0.15) is 46.9 Å². The number of rotatable bonds is 6. The lowest BCUT2D eigenvalue weighted by molar-refractivity contribution is 0.0955. The Morgan fingerprint density at radius 2 is 1.96 bits per heavy atom. The van der Waals surface area contributed by atoms with Gasteiger partial charge in [-0.25, -0.2) is 4.39 Å². The molecule has 1 atom stereocenters. The Labute approximate surface area is 160 Å². The summed E-state index contributed by atoms with van der Waals surface area (Å²) in [5.41, 5.74) is 3.07. The summed E-state index contributed by atoms with van der Waals surface area (Å²) in [7, 11) is 1.68. The zero-order valence-corrected chi connectivity index (χ0v) is 16.3. The molecule has 0 saturated carbocycles. The second-order valence-corrected chi connectivity index (χ2v) is 6.36. The Morgan fingerprint density at radius 1 is 1.19 bits per heavy atom. The van der Waals surface area contributed by atoms with Crippen LogP contribution in [0.2, 0.25) is 0 Å². The van der Waals surface area contributed by atoms with Gasteiger partial charge >= 0.3 is 0 Å². The number of aliphatic imine (C=N–C) groups is 1. The molecule has 0 fully saturated rings. The summed E-state index contributed by atoms with van der Waals surface area (Å²) in [6, 6.07) is 12.5. The molecule has 0 bridgehead atoms. The van der Waals surface area contributed by atoms with Crippen molar-refractivity contribution in [3.63, 3.8) is 0 Å². The van der Waals surface area contributed by atoms with Crippen LogP contribution in [0.4, 0.5) is 4.39 Å². The molecular weight excluding hydrogens is 343 g/mol. The monoisotopic (exact) mass is 370 g/mol. The SMILES string of the molecule is CCNC(=O)c1cccc(CNC(=NC)NC(C)c2ccc(C)c(F)c2)c1. The average molecular weight is 370 g/mol. The van der Waals surface area contributed by atoms with Crippen LogP contribution in [-0.4, -0.2) is 25.5 Å². The molecule has 0 spiro atoms. The summed E-state index contributed by atoms with van der Waals surface area (Å²) in [4.78, 5) is 16.2. The van der Waals surface area contributed by atoms with Crippen molar-refractivity contribution in [2.24, 2.45) is 4.99 Å². The molecule has 2 aromatic rings. The Hall–Kier alpha value is -2.89. The summed E-state index contributed by atoms with van der Waals surface area (Å²) in [5, 5.41) is 9.27. The van der Waals surface area contributed by atoms with Crippen molar-refractivity contribution in [2.75, 3.05) is 13.6 Å². The fraction of sp³-hybridized carbons (Fsp3) is 0.333. The molecule has 144 valence electrons. The smallest absolute Gasteiger partial charge is 0.251 e. The van der Waals surface area contributed by atoms with Crippen molar-refractivity contribution in [3.8, 4) is 0 Å². The van der Waals surface area contributed by atoms with E-state index in [2.05, 4.69) is 20.9 Å². The van der Waals surface area contributed by atoms with Crippen LogP contribution in [0.25, 0.3) is 0 Å². The van der Waals surface area contributed by atoms with Gasteiger partial charge in [-0.05, 0) is 55.7 Å². The fourth-order valence-electron chi connectivity index (χ4n) is 2.63. The Balaban J connectivity index is 1.98. The minimum Gasteiger partial charge on any atom is -0.352 e. The highest BCUT2D eigenvalue weighted by Gasteiger charge is 2.10. The number of hydrogen-bond acceptors (Lipinski definition) is 2. The highest BCUT2D eigenvalue weighted by molar-refractivity contribution is 5.94. The zero-order valence-electron chi connectivity index (χ0n) is 16.3. The zero-order chi connectivity index (χ0) is 19.8. The molecular formula is C21H27FN4O. The molecule has 0 radical (unpaired) electrons. The summed E-state index contributed by atoms with van der Waals surface area (Å²) in [6.07, 6.45) is 0. The average Bonchev–Trinajstić information content (AvgIpc) is 2.67. The molecule has 6 heteroatoms. The number of guanidine groups is 1. The van der Waals surface area contributed by atoms with Crippen molar-refractivity contribution >= 4 is 11.9 Å². The molecule has 2 rings (SSSR count). The molecule has 0 saturated heterocycles. The molecule has 2 aromatic carbocycles. The lowest BCUT2D eigenvalue weighted by Gasteiger charge is -2.19. The van der Waals surface area contributed by atoms with Crippen LogP contribution in [0.15, 0.2) is 47.5 Å². The summed E-state index contributed by atoms with van der Waals surface area (Å²) in [5.74, 6) is 0.301. The van der Waals surface area contributed by atoms with Gasteiger partial charge in [0.2, 0.25) is 0 Å². The molecule has 5 nitrogen and oxygen atoms in total. The van der Waals surface area contributed by atoms with E-state index in [1.165, 1.54) is 6.07 Å². The summed E-state index contributed by atoms with van der Waals surface area (Å²) < 4.78 is 13.8. The molecule has 3 N–H and O–H groups in total. The standard InChI is InChI=1S/C21H27FN4O/c1-5-24-20(27)18-8-6-7-16(11-18)13-25-21(23-4)26-15(3)17-10-9-14(2)19(22)12-17/h6-12,15H,5,13H2,1-4H3,(H,24,27)(H2,23,25,26). The van der Waals surface area contributed by atoms with Gasteiger partial charge in [0.15, 0.2) is 5.96 Å². The van der Waals surface area contributed by atoms with Crippen molar-refractivity contribution in [1.29, 1.82) is 0 Å².